The number of aromatic nitrogens is 1. The summed E-state index contributed by atoms with van der Waals surface area (Å²) in [6.45, 7) is 6.74. The van der Waals surface area contributed by atoms with Gasteiger partial charge in [0.05, 0.1) is 12.1 Å². The van der Waals surface area contributed by atoms with Gasteiger partial charge in [0, 0.05) is 22.5 Å². The number of ether oxygens (including phenoxy) is 1. The molecule has 0 unspecified atom stereocenters. The van der Waals surface area contributed by atoms with E-state index in [2.05, 4.69) is 47.6 Å². The number of rotatable bonds is 4. The van der Waals surface area contributed by atoms with Crippen LogP contribution in [0.2, 0.25) is 0 Å². The maximum atomic E-state index is 5.61. The van der Waals surface area contributed by atoms with Gasteiger partial charge in [-0.3, -0.25) is 4.98 Å². The van der Waals surface area contributed by atoms with Crippen LogP contribution < -0.4 is 10.1 Å². The molecule has 1 N–H and O–H groups in total. The zero-order chi connectivity index (χ0) is 15.5. The van der Waals surface area contributed by atoms with Crippen molar-refractivity contribution in [3.8, 4) is 5.75 Å². The molecule has 0 aliphatic rings. The number of halogens is 1. The molecule has 3 rings (SSSR count). The number of aryl methyl sites for hydroxylation is 2. The minimum Gasteiger partial charge on any atom is -0.494 e. The molecule has 23 heavy (non-hydrogen) atoms. The smallest absolute Gasteiger partial charge is 0.120 e. The number of fused-ring (bicyclic) bond motifs is 1. The molecule has 0 aliphatic carbocycles. The van der Waals surface area contributed by atoms with Crippen LogP contribution in [-0.2, 0) is 0 Å². The molecule has 0 bridgehead atoms. The molecule has 3 aromatic rings. The van der Waals surface area contributed by atoms with E-state index in [1.165, 1.54) is 5.56 Å². The highest BCUT2D eigenvalue weighted by atomic mass is 35.5. The summed E-state index contributed by atoms with van der Waals surface area (Å²) in [7, 11) is 0. The van der Waals surface area contributed by atoms with Gasteiger partial charge in [0.15, 0.2) is 0 Å². The molecular weight excluding hydrogens is 308 g/mol. The summed E-state index contributed by atoms with van der Waals surface area (Å²) in [6.07, 6.45) is 0. The first kappa shape index (κ1) is 17.1. The fourth-order valence-electron chi connectivity index (χ4n) is 2.49. The van der Waals surface area contributed by atoms with Gasteiger partial charge in [-0.25, -0.2) is 0 Å². The standard InChI is InChI=1S/C19H20N2O.ClH/c1-4-22-16-9-10-18-17(12-16)19(11-14(3)20-18)21-15-7-5-13(2)6-8-15;/h5-12H,4H2,1-3H3,(H,20,21);1H. The number of pyridine rings is 1. The predicted molar refractivity (Wildman–Crippen MR) is 99.4 cm³/mol. The van der Waals surface area contributed by atoms with Gasteiger partial charge in [-0.15, -0.1) is 12.4 Å². The molecular formula is C19H21ClN2O. The molecule has 4 heteroatoms. The van der Waals surface area contributed by atoms with E-state index in [-0.39, 0.29) is 12.4 Å². The molecule has 2 aromatic carbocycles. The Morgan fingerprint density at radius 3 is 2.43 bits per heavy atom. The van der Waals surface area contributed by atoms with Crippen LogP contribution >= 0.6 is 12.4 Å². The first-order valence-electron chi connectivity index (χ1n) is 7.53. The lowest BCUT2D eigenvalue weighted by atomic mass is 10.1. The van der Waals surface area contributed by atoms with Crippen LogP contribution in [0.3, 0.4) is 0 Å². The van der Waals surface area contributed by atoms with E-state index in [9.17, 15) is 0 Å². The van der Waals surface area contributed by atoms with Crippen molar-refractivity contribution in [2.45, 2.75) is 20.8 Å². The van der Waals surface area contributed by atoms with Crippen molar-refractivity contribution in [3.05, 3.63) is 59.8 Å². The maximum absolute atomic E-state index is 5.61. The second-order valence-corrected chi connectivity index (χ2v) is 5.41. The lowest BCUT2D eigenvalue weighted by molar-refractivity contribution is 0.340. The molecule has 0 saturated carbocycles. The van der Waals surface area contributed by atoms with Gasteiger partial charge in [0.2, 0.25) is 0 Å². The zero-order valence-electron chi connectivity index (χ0n) is 13.6. The van der Waals surface area contributed by atoms with E-state index in [1.54, 1.807) is 0 Å². The molecule has 120 valence electrons. The molecule has 0 atom stereocenters. The van der Waals surface area contributed by atoms with Crippen molar-refractivity contribution in [1.29, 1.82) is 0 Å². The van der Waals surface area contributed by atoms with Crippen LogP contribution in [0, 0.1) is 13.8 Å². The van der Waals surface area contributed by atoms with Crippen molar-refractivity contribution in [2.75, 3.05) is 11.9 Å². The Morgan fingerprint density at radius 1 is 1.00 bits per heavy atom. The first-order valence-corrected chi connectivity index (χ1v) is 7.53. The molecule has 0 saturated heterocycles. The molecule has 3 nitrogen and oxygen atoms in total. The summed E-state index contributed by atoms with van der Waals surface area (Å²) < 4.78 is 5.61. The molecule has 0 radical (unpaired) electrons. The fourth-order valence-corrected chi connectivity index (χ4v) is 2.49. The lowest BCUT2D eigenvalue weighted by Crippen LogP contribution is -1.96. The summed E-state index contributed by atoms with van der Waals surface area (Å²) in [5.41, 5.74) is 5.33. The van der Waals surface area contributed by atoms with Crippen LogP contribution in [0.25, 0.3) is 10.9 Å². The number of hydrogen-bond acceptors (Lipinski definition) is 3. The Labute approximate surface area is 143 Å². The Hall–Kier alpha value is -2.26. The van der Waals surface area contributed by atoms with Crippen LogP contribution in [0.4, 0.5) is 11.4 Å². The molecule has 1 aromatic heterocycles. The summed E-state index contributed by atoms with van der Waals surface area (Å²) in [4.78, 5) is 4.60. The Morgan fingerprint density at radius 2 is 1.74 bits per heavy atom. The highest BCUT2D eigenvalue weighted by molar-refractivity contribution is 5.94. The van der Waals surface area contributed by atoms with E-state index >= 15 is 0 Å². The normalized spacial score (nSPS) is 10.2. The summed E-state index contributed by atoms with van der Waals surface area (Å²) >= 11 is 0. The monoisotopic (exact) mass is 328 g/mol. The molecule has 0 fully saturated rings. The van der Waals surface area contributed by atoms with Gasteiger partial charge in [-0.2, -0.15) is 0 Å². The number of benzene rings is 2. The van der Waals surface area contributed by atoms with Crippen LogP contribution in [0.1, 0.15) is 18.2 Å². The van der Waals surface area contributed by atoms with E-state index in [4.69, 9.17) is 4.74 Å². The molecule has 0 aliphatic heterocycles. The zero-order valence-corrected chi connectivity index (χ0v) is 14.4. The van der Waals surface area contributed by atoms with Crippen LogP contribution in [0.15, 0.2) is 48.5 Å². The molecule has 0 spiro atoms. The van der Waals surface area contributed by atoms with Gasteiger partial charge in [-0.1, -0.05) is 17.7 Å². The van der Waals surface area contributed by atoms with E-state index in [0.29, 0.717) is 6.61 Å². The molecule has 1 heterocycles. The first-order chi connectivity index (χ1) is 10.7. The SMILES string of the molecule is CCOc1ccc2nc(C)cc(Nc3ccc(C)cc3)c2c1.Cl. The van der Waals surface area contributed by atoms with Gasteiger partial charge < -0.3 is 10.1 Å². The lowest BCUT2D eigenvalue weighted by Gasteiger charge is -2.12. The third kappa shape index (κ3) is 3.93. The highest BCUT2D eigenvalue weighted by Gasteiger charge is 2.06. The number of hydrogen-bond donors (Lipinski definition) is 1. The minimum atomic E-state index is 0. The summed E-state index contributed by atoms with van der Waals surface area (Å²) in [5.74, 6) is 0.868. The van der Waals surface area contributed by atoms with Crippen molar-refractivity contribution in [3.63, 3.8) is 0 Å². The molecule has 0 amide bonds. The quantitative estimate of drug-likeness (QED) is 0.694. The van der Waals surface area contributed by atoms with Crippen molar-refractivity contribution >= 4 is 34.7 Å². The topological polar surface area (TPSA) is 34.1 Å². The van der Waals surface area contributed by atoms with E-state index in [0.717, 1.165) is 33.7 Å². The predicted octanol–water partition coefficient (Wildman–Crippen LogP) is 5.42. The Balaban J connectivity index is 0.00000192. The summed E-state index contributed by atoms with van der Waals surface area (Å²) in [5, 5.41) is 4.56. The number of nitrogens with one attached hydrogen (secondary N) is 1. The minimum absolute atomic E-state index is 0. The van der Waals surface area contributed by atoms with Gasteiger partial charge >= 0.3 is 0 Å². The van der Waals surface area contributed by atoms with Gasteiger partial charge in [0.1, 0.15) is 5.75 Å². The second-order valence-electron chi connectivity index (χ2n) is 5.41. The highest BCUT2D eigenvalue weighted by Crippen LogP contribution is 2.29. The van der Waals surface area contributed by atoms with Gasteiger partial charge in [-0.05, 0) is 57.2 Å². The van der Waals surface area contributed by atoms with Crippen molar-refractivity contribution in [1.82, 2.24) is 4.98 Å². The average molecular weight is 329 g/mol. The van der Waals surface area contributed by atoms with Crippen molar-refractivity contribution in [2.24, 2.45) is 0 Å². The maximum Gasteiger partial charge on any atom is 0.120 e. The third-order valence-corrected chi connectivity index (χ3v) is 3.55. The van der Waals surface area contributed by atoms with Crippen molar-refractivity contribution < 1.29 is 4.74 Å². The Kier molecular flexibility index (Phi) is 5.45. The van der Waals surface area contributed by atoms with Crippen LogP contribution in [-0.4, -0.2) is 11.6 Å². The van der Waals surface area contributed by atoms with E-state index in [1.807, 2.05) is 32.0 Å². The van der Waals surface area contributed by atoms with Crippen LogP contribution in [0.5, 0.6) is 5.75 Å². The fraction of sp³-hybridized carbons (Fsp3) is 0.211. The van der Waals surface area contributed by atoms with E-state index < -0.39 is 0 Å². The second kappa shape index (κ2) is 7.34. The number of anilines is 2. The summed E-state index contributed by atoms with van der Waals surface area (Å²) in [6, 6.07) is 16.5. The number of nitrogens with zero attached hydrogens (tertiary/aromatic N) is 1. The third-order valence-electron chi connectivity index (χ3n) is 3.55. The average Bonchev–Trinajstić information content (AvgIpc) is 2.50. The largest absolute Gasteiger partial charge is 0.494 e. The van der Waals surface area contributed by atoms with Gasteiger partial charge in [0.25, 0.3) is 0 Å². The Bertz CT molecular complexity index is 800.